The van der Waals surface area contributed by atoms with E-state index in [2.05, 4.69) is 25.7 Å². The summed E-state index contributed by atoms with van der Waals surface area (Å²) < 4.78 is 15.8. The van der Waals surface area contributed by atoms with Crippen LogP contribution in [0.5, 0.6) is 5.88 Å². The molecule has 4 heterocycles. The van der Waals surface area contributed by atoms with Crippen molar-refractivity contribution >= 4 is 29.2 Å². The molecule has 1 fully saturated rings. The number of carbonyl (C=O) groups is 2. The molecule has 0 radical (unpaired) electrons. The van der Waals surface area contributed by atoms with Crippen LogP contribution in [-0.4, -0.2) is 56.0 Å². The molecule has 1 N–H and O–H groups in total. The van der Waals surface area contributed by atoms with Gasteiger partial charge in [0.1, 0.15) is 11.7 Å². The molecule has 0 bridgehead atoms. The molecule has 1 aliphatic heterocycles. The summed E-state index contributed by atoms with van der Waals surface area (Å²) in [5, 5.41) is 12.0. The molecule has 11 heteroatoms. The van der Waals surface area contributed by atoms with Crippen LogP contribution in [0.1, 0.15) is 65.8 Å². The second kappa shape index (κ2) is 11.6. The number of pyridine rings is 2. The molecule has 4 rings (SSSR count). The van der Waals surface area contributed by atoms with Gasteiger partial charge in [0.15, 0.2) is 0 Å². The zero-order valence-electron chi connectivity index (χ0n) is 21.9. The van der Waals surface area contributed by atoms with Crippen LogP contribution in [-0.2, 0) is 11.2 Å². The highest BCUT2D eigenvalue weighted by Crippen LogP contribution is 2.24. The Bertz CT molecular complexity index is 1340. The summed E-state index contributed by atoms with van der Waals surface area (Å²) in [7, 11) is 0. The van der Waals surface area contributed by atoms with Crippen LogP contribution in [0.3, 0.4) is 0 Å². The van der Waals surface area contributed by atoms with E-state index >= 15 is 0 Å². The maximum absolute atomic E-state index is 13.1. The molecule has 0 aromatic carbocycles. The van der Waals surface area contributed by atoms with Gasteiger partial charge in [0.2, 0.25) is 5.88 Å². The highest BCUT2D eigenvalue weighted by atomic mass is 32.1. The number of piperidine rings is 1. The Morgan fingerprint density at radius 3 is 2.79 bits per heavy atom. The van der Waals surface area contributed by atoms with Gasteiger partial charge in [-0.25, -0.2) is 9.78 Å². The van der Waals surface area contributed by atoms with E-state index < -0.39 is 5.60 Å². The van der Waals surface area contributed by atoms with Crippen molar-refractivity contribution in [3.8, 4) is 11.9 Å². The molecule has 0 saturated carbocycles. The number of hydrogen-bond donors (Lipinski definition) is 1. The number of carbonyl (C=O) groups excluding carboxylic acids is 2. The summed E-state index contributed by atoms with van der Waals surface area (Å²) in [4.78, 5) is 36.6. The van der Waals surface area contributed by atoms with Crippen molar-refractivity contribution in [3.63, 3.8) is 0 Å². The van der Waals surface area contributed by atoms with Gasteiger partial charge < -0.3 is 19.7 Å². The SMILES string of the molecule is Cc1nsc(Cc2cc(C#N)ccn2)c1C(=O)Nc1ccc(OC2CCCN(C(=O)OC(C)(C)C)C2)nc1. The standard InChI is InChI=1S/C27H30N6O4S/c1-17-24(22(38-32-17)13-20-12-18(14-28)9-10-29-20)25(34)31-19-7-8-23(30-15-19)36-21-6-5-11-33(16-21)26(35)37-27(2,3)4/h7-10,12,15,21H,5-6,11,13,16H2,1-4H3,(H,31,34). The molecular weight excluding hydrogens is 504 g/mol. The molecule has 1 unspecified atom stereocenters. The quantitative estimate of drug-likeness (QED) is 0.480. The zero-order valence-corrected chi connectivity index (χ0v) is 22.7. The van der Waals surface area contributed by atoms with Crippen molar-refractivity contribution in [3.05, 3.63) is 64.1 Å². The fourth-order valence-corrected chi connectivity index (χ4v) is 4.93. The number of amides is 2. The number of anilines is 1. The number of nitrogens with zero attached hydrogens (tertiary/aromatic N) is 5. The van der Waals surface area contributed by atoms with Crippen molar-refractivity contribution in [2.24, 2.45) is 0 Å². The van der Waals surface area contributed by atoms with Crippen molar-refractivity contribution in [2.75, 3.05) is 18.4 Å². The van der Waals surface area contributed by atoms with Crippen molar-refractivity contribution < 1.29 is 19.1 Å². The number of ether oxygens (including phenoxy) is 2. The van der Waals surface area contributed by atoms with Crippen LogP contribution >= 0.6 is 11.5 Å². The summed E-state index contributed by atoms with van der Waals surface area (Å²) in [5.41, 5.74) is 2.29. The maximum atomic E-state index is 13.1. The first kappa shape index (κ1) is 27.0. The molecule has 2 amide bonds. The Morgan fingerprint density at radius 2 is 2.08 bits per heavy atom. The lowest BCUT2D eigenvalue weighted by atomic mass is 10.1. The summed E-state index contributed by atoms with van der Waals surface area (Å²) in [5.74, 6) is 0.120. The van der Waals surface area contributed by atoms with E-state index in [4.69, 9.17) is 14.7 Å². The van der Waals surface area contributed by atoms with E-state index in [1.807, 2.05) is 20.8 Å². The Kier molecular flexibility index (Phi) is 8.22. The van der Waals surface area contributed by atoms with Gasteiger partial charge in [0, 0.05) is 35.8 Å². The highest BCUT2D eigenvalue weighted by Gasteiger charge is 2.29. The molecule has 38 heavy (non-hydrogen) atoms. The van der Waals surface area contributed by atoms with Gasteiger partial charge in [-0.2, -0.15) is 9.64 Å². The van der Waals surface area contributed by atoms with E-state index in [1.54, 1.807) is 42.3 Å². The first-order valence-corrected chi connectivity index (χ1v) is 13.1. The molecule has 198 valence electrons. The van der Waals surface area contributed by atoms with E-state index in [1.165, 1.54) is 17.7 Å². The number of rotatable bonds is 6. The van der Waals surface area contributed by atoms with E-state index in [-0.39, 0.29) is 18.1 Å². The lowest BCUT2D eigenvalue weighted by Crippen LogP contribution is -2.46. The Balaban J connectivity index is 1.37. The van der Waals surface area contributed by atoms with Gasteiger partial charge in [0.25, 0.3) is 5.91 Å². The highest BCUT2D eigenvalue weighted by molar-refractivity contribution is 7.06. The number of aromatic nitrogens is 3. The van der Waals surface area contributed by atoms with Crippen LogP contribution in [0.4, 0.5) is 10.5 Å². The number of nitriles is 1. The third-order valence-corrected chi connectivity index (χ3v) is 6.69. The summed E-state index contributed by atoms with van der Waals surface area (Å²) in [6, 6.07) is 8.87. The largest absolute Gasteiger partial charge is 0.472 e. The Labute approximate surface area is 225 Å². The molecule has 1 atom stereocenters. The number of nitrogens with one attached hydrogen (secondary N) is 1. The number of hydrogen-bond acceptors (Lipinski definition) is 9. The molecule has 1 saturated heterocycles. The molecular formula is C27H30N6O4S. The first-order chi connectivity index (χ1) is 18.1. The topological polar surface area (TPSA) is 130 Å². The molecule has 1 aliphatic rings. The van der Waals surface area contributed by atoms with Crippen molar-refractivity contribution in [2.45, 2.75) is 58.7 Å². The summed E-state index contributed by atoms with van der Waals surface area (Å²) in [6.45, 7) is 8.37. The lowest BCUT2D eigenvalue weighted by Gasteiger charge is -2.33. The molecule has 0 spiro atoms. The molecule has 10 nitrogen and oxygen atoms in total. The van der Waals surface area contributed by atoms with Crippen LogP contribution in [0.15, 0.2) is 36.7 Å². The van der Waals surface area contributed by atoms with Crippen LogP contribution in [0.25, 0.3) is 0 Å². The van der Waals surface area contributed by atoms with Crippen LogP contribution in [0, 0.1) is 18.3 Å². The monoisotopic (exact) mass is 534 g/mol. The molecule has 3 aromatic rings. The summed E-state index contributed by atoms with van der Waals surface area (Å²) >= 11 is 1.24. The van der Waals surface area contributed by atoms with E-state index in [9.17, 15) is 9.59 Å². The predicted molar refractivity (Wildman–Crippen MR) is 142 cm³/mol. The fraction of sp³-hybridized carbons (Fsp3) is 0.407. The average Bonchev–Trinajstić information content (AvgIpc) is 3.24. The predicted octanol–water partition coefficient (Wildman–Crippen LogP) is 4.73. The minimum atomic E-state index is -0.551. The normalized spacial score (nSPS) is 15.4. The van der Waals surface area contributed by atoms with Gasteiger partial charge in [-0.05, 0) is 70.3 Å². The minimum absolute atomic E-state index is 0.195. The van der Waals surface area contributed by atoms with Crippen molar-refractivity contribution in [1.82, 2.24) is 19.2 Å². The van der Waals surface area contributed by atoms with E-state index in [0.717, 1.165) is 17.7 Å². The van der Waals surface area contributed by atoms with Crippen molar-refractivity contribution in [1.29, 1.82) is 5.26 Å². The van der Waals surface area contributed by atoms with Gasteiger partial charge in [0.05, 0.1) is 41.3 Å². The number of aryl methyl sites for hydroxylation is 1. The smallest absolute Gasteiger partial charge is 0.410 e. The second-order valence-corrected chi connectivity index (χ2v) is 10.9. The average molecular weight is 535 g/mol. The summed E-state index contributed by atoms with van der Waals surface area (Å²) in [6.07, 6.45) is 4.59. The van der Waals surface area contributed by atoms with Crippen LogP contribution < -0.4 is 10.1 Å². The maximum Gasteiger partial charge on any atom is 0.410 e. The third kappa shape index (κ3) is 7.04. The minimum Gasteiger partial charge on any atom is -0.472 e. The molecule has 0 aliphatic carbocycles. The van der Waals surface area contributed by atoms with Gasteiger partial charge >= 0.3 is 6.09 Å². The van der Waals surface area contributed by atoms with Gasteiger partial charge in [-0.15, -0.1) is 0 Å². The van der Waals surface area contributed by atoms with Crippen LogP contribution in [0.2, 0.25) is 0 Å². The Hall–Kier alpha value is -4.04. The second-order valence-electron chi connectivity index (χ2n) is 10.0. The van der Waals surface area contributed by atoms with E-state index in [0.29, 0.717) is 53.6 Å². The Morgan fingerprint density at radius 1 is 1.26 bits per heavy atom. The van der Waals surface area contributed by atoms with Gasteiger partial charge in [-0.1, -0.05) is 0 Å². The third-order valence-electron chi connectivity index (χ3n) is 5.76. The lowest BCUT2D eigenvalue weighted by molar-refractivity contribution is 0.00722. The fourth-order valence-electron chi connectivity index (χ4n) is 4.05. The van der Waals surface area contributed by atoms with Gasteiger partial charge in [-0.3, -0.25) is 9.78 Å². The number of likely N-dealkylation sites (tertiary alicyclic amines) is 1. The zero-order chi connectivity index (χ0) is 27.3. The molecule has 3 aromatic heterocycles. The first-order valence-electron chi connectivity index (χ1n) is 12.3.